The van der Waals surface area contributed by atoms with Gasteiger partial charge in [0.15, 0.2) is 0 Å². The summed E-state index contributed by atoms with van der Waals surface area (Å²) in [6.45, 7) is 2.68. The minimum atomic E-state index is -0.0371. The van der Waals surface area contributed by atoms with E-state index < -0.39 is 0 Å². The second-order valence-corrected chi connectivity index (χ2v) is 7.42. The largest absolute Gasteiger partial charge is 0.348 e. The second kappa shape index (κ2) is 9.43. The molecule has 0 atom stereocenters. The summed E-state index contributed by atoms with van der Waals surface area (Å²) < 4.78 is 0. The maximum atomic E-state index is 12.9. The van der Waals surface area contributed by atoms with Gasteiger partial charge in [-0.3, -0.25) is 9.59 Å². The topological polar surface area (TPSA) is 40.6 Å². The van der Waals surface area contributed by atoms with Crippen molar-refractivity contribution in [3.05, 3.63) is 65.2 Å². The molecule has 138 valence electrons. The van der Waals surface area contributed by atoms with Gasteiger partial charge in [0, 0.05) is 32.6 Å². The number of carbonyl (C=O) groups excluding carboxylic acids is 2. The number of amides is 2. The van der Waals surface area contributed by atoms with Gasteiger partial charge in [0.25, 0.3) is 5.91 Å². The molecule has 0 aliphatic heterocycles. The highest BCUT2D eigenvalue weighted by molar-refractivity contribution is 8.00. The summed E-state index contributed by atoms with van der Waals surface area (Å²) in [4.78, 5) is 28.8. The van der Waals surface area contributed by atoms with Crippen LogP contribution < -0.4 is 0 Å². The summed E-state index contributed by atoms with van der Waals surface area (Å²) in [7, 11) is 5.28. The number of aryl methyl sites for hydroxylation is 1. The van der Waals surface area contributed by atoms with Crippen molar-refractivity contribution in [1.82, 2.24) is 9.80 Å². The van der Waals surface area contributed by atoms with Crippen molar-refractivity contribution in [2.45, 2.75) is 24.8 Å². The summed E-state index contributed by atoms with van der Waals surface area (Å²) in [5, 5.41) is 0. The Hall–Kier alpha value is -2.27. The molecule has 2 rings (SSSR count). The number of hydrogen-bond acceptors (Lipinski definition) is 3. The fourth-order valence-corrected chi connectivity index (χ4v) is 3.49. The molecule has 0 bridgehead atoms. The molecule has 0 N–H and O–H groups in total. The number of nitrogens with zero attached hydrogens (tertiary/aromatic N) is 2. The Morgan fingerprint density at radius 3 is 2.15 bits per heavy atom. The molecule has 5 heteroatoms. The maximum absolute atomic E-state index is 12.9. The van der Waals surface area contributed by atoms with Crippen molar-refractivity contribution in [1.29, 1.82) is 0 Å². The summed E-state index contributed by atoms with van der Waals surface area (Å²) >= 11 is 1.40. The van der Waals surface area contributed by atoms with Crippen LogP contribution in [0.3, 0.4) is 0 Å². The molecule has 0 fully saturated rings. The first-order valence-corrected chi connectivity index (χ1v) is 9.66. The van der Waals surface area contributed by atoms with Crippen LogP contribution >= 0.6 is 11.8 Å². The highest BCUT2D eigenvalue weighted by Gasteiger charge is 2.17. The Balaban J connectivity index is 2.08. The van der Waals surface area contributed by atoms with E-state index in [9.17, 15) is 9.59 Å². The van der Waals surface area contributed by atoms with E-state index in [-0.39, 0.29) is 11.8 Å². The normalized spacial score (nSPS) is 10.5. The molecule has 0 aliphatic rings. The smallest absolute Gasteiger partial charge is 0.255 e. The Morgan fingerprint density at radius 1 is 0.923 bits per heavy atom. The van der Waals surface area contributed by atoms with Gasteiger partial charge < -0.3 is 9.80 Å². The Kier molecular flexibility index (Phi) is 7.27. The van der Waals surface area contributed by atoms with Gasteiger partial charge in [0.2, 0.25) is 5.91 Å². The van der Waals surface area contributed by atoms with Gasteiger partial charge in [-0.1, -0.05) is 43.3 Å². The Morgan fingerprint density at radius 2 is 1.54 bits per heavy atom. The average molecular weight is 371 g/mol. The van der Waals surface area contributed by atoms with E-state index in [1.54, 1.807) is 23.9 Å². The zero-order valence-electron chi connectivity index (χ0n) is 15.9. The van der Waals surface area contributed by atoms with E-state index in [0.29, 0.717) is 17.9 Å². The van der Waals surface area contributed by atoms with Gasteiger partial charge in [-0.15, -0.1) is 11.8 Å². The van der Waals surface area contributed by atoms with E-state index in [1.165, 1.54) is 17.3 Å². The van der Waals surface area contributed by atoms with Gasteiger partial charge in [0.1, 0.15) is 0 Å². The third kappa shape index (κ3) is 5.36. The zero-order chi connectivity index (χ0) is 19.1. The van der Waals surface area contributed by atoms with Crippen molar-refractivity contribution >= 4 is 23.6 Å². The lowest BCUT2D eigenvalue weighted by Crippen LogP contribution is -2.27. The molecule has 0 aliphatic carbocycles. The zero-order valence-corrected chi connectivity index (χ0v) is 16.7. The molecule has 0 unspecified atom stereocenters. The number of benzene rings is 2. The number of hydrogen-bond donors (Lipinski definition) is 0. The Labute approximate surface area is 160 Å². The molecule has 0 aromatic heterocycles. The third-order valence-electron chi connectivity index (χ3n) is 4.17. The van der Waals surface area contributed by atoms with Crippen LogP contribution in [0, 0.1) is 0 Å². The molecule has 0 heterocycles. The van der Waals surface area contributed by atoms with Crippen molar-refractivity contribution in [2.75, 3.05) is 26.9 Å². The highest BCUT2D eigenvalue weighted by Crippen LogP contribution is 2.24. The number of rotatable bonds is 7. The standard InChI is InChI=1S/C21H26N2O2S/c1-5-16-10-12-17(13-11-16)14-23(4)21(25)18-8-6-7-9-19(18)26-15-20(24)22(2)3/h6-13H,5,14-15H2,1-4H3. The van der Waals surface area contributed by atoms with Crippen molar-refractivity contribution in [3.63, 3.8) is 0 Å². The molecule has 0 spiro atoms. The van der Waals surface area contributed by atoms with Gasteiger partial charge in [0.05, 0.1) is 11.3 Å². The molecule has 0 radical (unpaired) electrons. The van der Waals surface area contributed by atoms with E-state index in [0.717, 1.165) is 16.9 Å². The van der Waals surface area contributed by atoms with Gasteiger partial charge in [-0.25, -0.2) is 0 Å². The molecule has 0 saturated carbocycles. The SMILES string of the molecule is CCc1ccc(CN(C)C(=O)c2ccccc2SCC(=O)N(C)C)cc1. The molecule has 26 heavy (non-hydrogen) atoms. The minimum Gasteiger partial charge on any atom is -0.348 e. The van der Waals surface area contributed by atoms with Crippen LogP contribution in [0.25, 0.3) is 0 Å². The van der Waals surface area contributed by atoms with Crippen LogP contribution in [0.1, 0.15) is 28.4 Å². The highest BCUT2D eigenvalue weighted by atomic mass is 32.2. The van der Waals surface area contributed by atoms with Gasteiger partial charge in [-0.05, 0) is 29.7 Å². The van der Waals surface area contributed by atoms with E-state index in [1.807, 2.05) is 31.3 Å². The lowest BCUT2D eigenvalue weighted by atomic mass is 10.1. The van der Waals surface area contributed by atoms with Gasteiger partial charge in [-0.2, -0.15) is 0 Å². The van der Waals surface area contributed by atoms with Crippen LogP contribution in [0.2, 0.25) is 0 Å². The van der Waals surface area contributed by atoms with Crippen LogP contribution in [0.15, 0.2) is 53.4 Å². The molecule has 2 amide bonds. The van der Waals surface area contributed by atoms with Crippen LogP contribution in [-0.2, 0) is 17.8 Å². The molecule has 2 aromatic rings. The van der Waals surface area contributed by atoms with E-state index in [2.05, 4.69) is 31.2 Å². The second-order valence-electron chi connectivity index (χ2n) is 6.40. The first-order valence-electron chi connectivity index (χ1n) is 8.67. The van der Waals surface area contributed by atoms with Crippen molar-refractivity contribution in [2.24, 2.45) is 0 Å². The molecular weight excluding hydrogens is 344 g/mol. The fourth-order valence-electron chi connectivity index (χ4n) is 2.47. The van der Waals surface area contributed by atoms with E-state index >= 15 is 0 Å². The van der Waals surface area contributed by atoms with Crippen molar-refractivity contribution in [3.8, 4) is 0 Å². The summed E-state index contributed by atoms with van der Waals surface area (Å²) in [5.74, 6) is 0.311. The van der Waals surface area contributed by atoms with Crippen LogP contribution in [-0.4, -0.2) is 48.5 Å². The van der Waals surface area contributed by atoms with Crippen LogP contribution in [0.5, 0.6) is 0 Å². The number of carbonyl (C=O) groups is 2. The van der Waals surface area contributed by atoms with Crippen LogP contribution in [0.4, 0.5) is 0 Å². The quantitative estimate of drug-likeness (QED) is 0.698. The lowest BCUT2D eigenvalue weighted by molar-refractivity contribution is -0.125. The predicted molar refractivity (Wildman–Crippen MR) is 107 cm³/mol. The molecule has 4 nitrogen and oxygen atoms in total. The lowest BCUT2D eigenvalue weighted by Gasteiger charge is -2.19. The molecule has 0 saturated heterocycles. The predicted octanol–water partition coefficient (Wildman–Crippen LogP) is 3.70. The average Bonchev–Trinajstić information content (AvgIpc) is 2.66. The van der Waals surface area contributed by atoms with Crippen molar-refractivity contribution < 1.29 is 9.59 Å². The Bertz CT molecular complexity index is 757. The number of thioether (sulfide) groups is 1. The molecular formula is C21H26N2O2S. The van der Waals surface area contributed by atoms with Gasteiger partial charge >= 0.3 is 0 Å². The fraction of sp³-hybridized carbons (Fsp3) is 0.333. The first kappa shape index (κ1) is 20.0. The maximum Gasteiger partial charge on any atom is 0.255 e. The molecule has 2 aromatic carbocycles. The summed E-state index contributed by atoms with van der Waals surface area (Å²) in [5.41, 5.74) is 3.03. The minimum absolute atomic E-state index is 0.0293. The monoisotopic (exact) mass is 370 g/mol. The summed E-state index contributed by atoms with van der Waals surface area (Å²) in [6.07, 6.45) is 1.01. The first-order chi connectivity index (χ1) is 12.4. The summed E-state index contributed by atoms with van der Waals surface area (Å²) in [6, 6.07) is 15.8. The van der Waals surface area contributed by atoms with E-state index in [4.69, 9.17) is 0 Å². The third-order valence-corrected chi connectivity index (χ3v) is 5.22.